The fourth-order valence-corrected chi connectivity index (χ4v) is 1.85. The van der Waals surface area contributed by atoms with Gasteiger partial charge >= 0.3 is 6.03 Å². The standard InChI is InChI=1S/C9H17N3O/c1-6-4-3-5-7(2)8(6)11-12-9(10)13/h6-7H,3-5H2,1-2H3,(H3,10,12,13). The number of carbonyl (C=O) groups is 1. The van der Waals surface area contributed by atoms with Crippen LogP contribution in [-0.4, -0.2) is 11.7 Å². The molecule has 4 nitrogen and oxygen atoms in total. The second-order valence-electron chi connectivity index (χ2n) is 3.75. The first-order chi connectivity index (χ1) is 6.11. The van der Waals surface area contributed by atoms with E-state index in [0.29, 0.717) is 11.8 Å². The van der Waals surface area contributed by atoms with E-state index in [9.17, 15) is 4.79 Å². The summed E-state index contributed by atoms with van der Waals surface area (Å²) >= 11 is 0. The SMILES string of the molecule is CC1CCCC(C)C1=NNC(N)=O. The minimum absolute atomic E-state index is 0.468. The Kier molecular flexibility index (Phi) is 3.28. The Bertz CT molecular complexity index is 213. The molecule has 74 valence electrons. The number of hydrazone groups is 1. The van der Waals surface area contributed by atoms with Crippen molar-refractivity contribution in [3.63, 3.8) is 0 Å². The van der Waals surface area contributed by atoms with Gasteiger partial charge in [0.1, 0.15) is 0 Å². The van der Waals surface area contributed by atoms with Crippen LogP contribution in [0.15, 0.2) is 5.10 Å². The van der Waals surface area contributed by atoms with Gasteiger partial charge < -0.3 is 5.73 Å². The number of amides is 2. The highest BCUT2D eigenvalue weighted by Gasteiger charge is 2.22. The number of primary amides is 1. The number of urea groups is 1. The van der Waals surface area contributed by atoms with Crippen LogP contribution in [0.3, 0.4) is 0 Å². The molecule has 1 saturated carbocycles. The van der Waals surface area contributed by atoms with Crippen molar-refractivity contribution >= 4 is 11.7 Å². The van der Waals surface area contributed by atoms with Crippen LogP contribution >= 0.6 is 0 Å². The van der Waals surface area contributed by atoms with Crippen LogP contribution in [0.2, 0.25) is 0 Å². The smallest absolute Gasteiger partial charge is 0.332 e. The van der Waals surface area contributed by atoms with Gasteiger partial charge in [-0.25, -0.2) is 10.2 Å². The van der Waals surface area contributed by atoms with Crippen LogP contribution in [0, 0.1) is 11.8 Å². The third-order valence-electron chi connectivity index (χ3n) is 2.58. The molecule has 0 bridgehead atoms. The van der Waals surface area contributed by atoms with E-state index in [1.165, 1.54) is 6.42 Å². The summed E-state index contributed by atoms with van der Waals surface area (Å²) in [6.07, 6.45) is 3.56. The summed E-state index contributed by atoms with van der Waals surface area (Å²) in [7, 11) is 0. The highest BCUT2D eigenvalue weighted by molar-refractivity contribution is 5.90. The first-order valence-electron chi connectivity index (χ1n) is 4.74. The minimum Gasteiger partial charge on any atom is -0.350 e. The van der Waals surface area contributed by atoms with Gasteiger partial charge in [-0.15, -0.1) is 0 Å². The maximum Gasteiger partial charge on any atom is 0.332 e. The molecule has 0 radical (unpaired) electrons. The molecule has 13 heavy (non-hydrogen) atoms. The number of nitrogens with two attached hydrogens (primary N) is 1. The van der Waals surface area contributed by atoms with Gasteiger partial charge in [-0.05, 0) is 24.7 Å². The zero-order valence-electron chi connectivity index (χ0n) is 8.21. The Morgan fingerprint density at radius 1 is 1.46 bits per heavy atom. The summed E-state index contributed by atoms with van der Waals surface area (Å²) in [6.45, 7) is 4.27. The normalized spacial score (nSPS) is 28.3. The fraction of sp³-hybridized carbons (Fsp3) is 0.778. The molecule has 4 heteroatoms. The maximum atomic E-state index is 10.5. The second-order valence-corrected chi connectivity index (χ2v) is 3.75. The van der Waals surface area contributed by atoms with Crippen molar-refractivity contribution in [2.75, 3.05) is 0 Å². The van der Waals surface area contributed by atoms with E-state index in [4.69, 9.17) is 5.73 Å². The highest BCUT2D eigenvalue weighted by atomic mass is 16.2. The maximum absolute atomic E-state index is 10.5. The molecule has 0 spiro atoms. The zero-order valence-corrected chi connectivity index (χ0v) is 8.21. The first kappa shape index (κ1) is 10.0. The van der Waals surface area contributed by atoms with E-state index in [2.05, 4.69) is 24.4 Å². The molecule has 0 saturated heterocycles. The lowest BCUT2D eigenvalue weighted by atomic mass is 9.81. The molecule has 3 N–H and O–H groups in total. The molecule has 1 aliphatic carbocycles. The lowest BCUT2D eigenvalue weighted by Gasteiger charge is -2.25. The van der Waals surface area contributed by atoms with Crippen molar-refractivity contribution in [3.8, 4) is 0 Å². The van der Waals surface area contributed by atoms with Gasteiger partial charge in [-0.3, -0.25) is 0 Å². The Balaban J connectivity index is 2.62. The van der Waals surface area contributed by atoms with Gasteiger partial charge in [0.2, 0.25) is 0 Å². The van der Waals surface area contributed by atoms with E-state index in [1.54, 1.807) is 0 Å². The molecule has 0 heterocycles. The van der Waals surface area contributed by atoms with E-state index >= 15 is 0 Å². The summed E-state index contributed by atoms with van der Waals surface area (Å²) in [4.78, 5) is 10.5. The molecule has 1 aliphatic rings. The molecule has 0 aromatic rings. The number of hydrogen-bond acceptors (Lipinski definition) is 2. The number of rotatable bonds is 1. The molecule has 2 amide bonds. The lowest BCUT2D eigenvalue weighted by molar-refractivity contribution is 0.249. The summed E-state index contributed by atoms with van der Waals surface area (Å²) in [5.41, 5.74) is 8.32. The molecule has 1 rings (SSSR count). The van der Waals surface area contributed by atoms with Crippen LogP contribution in [0.1, 0.15) is 33.1 Å². The number of hydrogen-bond donors (Lipinski definition) is 2. The monoisotopic (exact) mass is 183 g/mol. The van der Waals surface area contributed by atoms with Crippen LogP contribution in [0.25, 0.3) is 0 Å². The topological polar surface area (TPSA) is 67.5 Å². The van der Waals surface area contributed by atoms with Crippen LogP contribution in [-0.2, 0) is 0 Å². The summed E-state index contributed by atoms with van der Waals surface area (Å²) in [5.74, 6) is 0.936. The molecule has 0 aromatic carbocycles. The van der Waals surface area contributed by atoms with Gasteiger partial charge in [0.15, 0.2) is 0 Å². The Morgan fingerprint density at radius 3 is 2.46 bits per heavy atom. The molecule has 1 fully saturated rings. The molecule has 0 aliphatic heterocycles. The molecular formula is C9H17N3O. The zero-order chi connectivity index (χ0) is 9.84. The van der Waals surface area contributed by atoms with Crippen molar-refractivity contribution < 1.29 is 4.79 Å². The Labute approximate surface area is 78.6 Å². The number of carbonyl (C=O) groups excluding carboxylic acids is 1. The fourth-order valence-electron chi connectivity index (χ4n) is 1.85. The summed E-state index contributed by atoms with van der Waals surface area (Å²) in [5, 5.41) is 4.04. The summed E-state index contributed by atoms with van der Waals surface area (Å²) < 4.78 is 0. The molecular weight excluding hydrogens is 166 g/mol. The number of nitrogens with zero attached hydrogens (tertiary/aromatic N) is 1. The van der Waals surface area contributed by atoms with Crippen molar-refractivity contribution in [2.24, 2.45) is 22.7 Å². The van der Waals surface area contributed by atoms with E-state index < -0.39 is 6.03 Å². The van der Waals surface area contributed by atoms with Crippen LogP contribution < -0.4 is 11.2 Å². The van der Waals surface area contributed by atoms with Crippen LogP contribution in [0.4, 0.5) is 4.79 Å². The Morgan fingerprint density at radius 2 is 2.00 bits per heavy atom. The largest absolute Gasteiger partial charge is 0.350 e. The predicted octanol–water partition coefficient (Wildman–Crippen LogP) is 1.47. The van der Waals surface area contributed by atoms with Crippen molar-refractivity contribution in [3.05, 3.63) is 0 Å². The van der Waals surface area contributed by atoms with Gasteiger partial charge in [-0.1, -0.05) is 20.3 Å². The van der Waals surface area contributed by atoms with Gasteiger partial charge in [0.05, 0.1) is 0 Å². The van der Waals surface area contributed by atoms with Crippen molar-refractivity contribution in [1.29, 1.82) is 0 Å². The van der Waals surface area contributed by atoms with Crippen molar-refractivity contribution in [1.82, 2.24) is 5.43 Å². The van der Waals surface area contributed by atoms with Gasteiger partial charge in [-0.2, -0.15) is 5.10 Å². The van der Waals surface area contributed by atoms with Crippen molar-refractivity contribution in [2.45, 2.75) is 33.1 Å². The first-order valence-corrected chi connectivity index (χ1v) is 4.74. The Hall–Kier alpha value is -1.06. The average Bonchev–Trinajstić information content (AvgIpc) is 2.03. The van der Waals surface area contributed by atoms with Gasteiger partial charge in [0, 0.05) is 5.71 Å². The molecule has 2 unspecified atom stereocenters. The van der Waals surface area contributed by atoms with E-state index in [-0.39, 0.29) is 0 Å². The summed E-state index contributed by atoms with van der Waals surface area (Å²) in [6, 6.07) is -0.586. The minimum atomic E-state index is -0.586. The third kappa shape index (κ3) is 2.72. The lowest BCUT2D eigenvalue weighted by Crippen LogP contribution is -2.31. The molecule has 2 atom stereocenters. The van der Waals surface area contributed by atoms with Crippen LogP contribution in [0.5, 0.6) is 0 Å². The third-order valence-corrected chi connectivity index (χ3v) is 2.58. The quantitative estimate of drug-likeness (QED) is 0.594. The highest BCUT2D eigenvalue weighted by Crippen LogP contribution is 2.25. The second kappa shape index (κ2) is 4.25. The average molecular weight is 183 g/mol. The predicted molar refractivity (Wildman–Crippen MR) is 52.3 cm³/mol. The van der Waals surface area contributed by atoms with E-state index in [1.807, 2.05) is 0 Å². The van der Waals surface area contributed by atoms with Gasteiger partial charge in [0.25, 0.3) is 0 Å². The number of nitrogens with one attached hydrogen (secondary N) is 1. The molecule has 0 aromatic heterocycles. The van der Waals surface area contributed by atoms with E-state index in [0.717, 1.165) is 18.6 Å².